The lowest BCUT2D eigenvalue weighted by Crippen LogP contribution is -2.31. The van der Waals surface area contributed by atoms with Gasteiger partial charge < -0.3 is 24.1 Å². The smallest absolute Gasteiger partial charge is 0.338 e. The molecule has 0 unspecified atom stereocenters. The zero-order valence-corrected chi connectivity index (χ0v) is 11.4. The number of rotatable bonds is 6. The van der Waals surface area contributed by atoms with Crippen molar-refractivity contribution in [2.24, 2.45) is 0 Å². The summed E-state index contributed by atoms with van der Waals surface area (Å²) in [6.45, 7) is 0. The molecule has 6 heteroatoms. The molecule has 2 atom stereocenters. The molecule has 0 saturated carbocycles. The lowest BCUT2D eigenvalue weighted by Gasteiger charge is -2.20. The van der Waals surface area contributed by atoms with Crippen molar-refractivity contribution in [2.75, 3.05) is 28.4 Å². The Bertz CT molecular complexity index is 409. The number of carbonyl (C=O) groups is 1. The molecule has 106 valence electrons. The van der Waals surface area contributed by atoms with E-state index in [9.17, 15) is 9.90 Å². The van der Waals surface area contributed by atoms with Crippen LogP contribution in [0.15, 0.2) is 18.2 Å². The summed E-state index contributed by atoms with van der Waals surface area (Å²) in [7, 11) is 5.55. The molecule has 6 nitrogen and oxygen atoms in total. The summed E-state index contributed by atoms with van der Waals surface area (Å²) in [4.78, 5) is 11.5. The largest absolute Gasteiger partial charge is 0.497 e. The fourth-order valence-corrected chi connectivity index (χ4v) is 1.65. The van der Waals surface area contributed by atoms with Crippen molar-refractivity contribution >= 4 is 5.97 Å². The van der Waals surface area contributed by atoms with Crippen molar-refractivity contribution in [1.82, 2.24) is 0 Å². The van der Waals surface area contributed by atoms with E-state index in [1.165, 1.54) is 28.4 Å². The number of ether oxygens (including phenoxy) is 4. The van der Waals surface area contributed by atoms with E-state index in [0.29, 0.717) is 17.1 Å². The molecule has 0 aliphatic rings. The molecule has 0 saturated heterocycles. The van der Waals surface area contributed by atoms with Gasteiger partial charge in [-0.05, 0) is 17.7 Å². The Labute approximate surface area is 111 Å². The molecule has 1 N–H and O–H groups in total. The molecule has 1 aromatic rings. The highest BCUT2D eigenvalue weighted by molar-refractivity contribution is 5.75. The van der Waals surface area contributed by atoms with Crippen LogP contribution in [0.1, 0.15) is 11.7 Å². The highest BCUT2D eigenvalue weighted by atomic mass is 16.6. The van der Waals surface area contributed by atoms with Crippen LogP contribution in [0.2, 0.25) is 0 Å². The molecule has 1 aromatic carbocycles. The molecule has 0 fully saturated rings. The maximum atomic E-state index is 11.5. The molecule has 0 aromatic heterocycles. The average Bonchev–Trinajstić information content (AvgIpc) is 2.46. The topological polar surface area (TPSA) is 74.2 Å². The van der Waals surface area contributed by atoms with Crippen molar-refractivity contribution < 1.29 is 28.8 Å². The van der Waals surface area contributed by atoms with Crippen molar-refractivity contribution in [3.8, 4) is 11.5 Å². The molecule has 19 heavy (non-hydrogen) atoms. The number of methoxy groups -OCH3 is 4. The third-order valence-electron chi connectivity index (χ3n) is 2.69. The average molecular weight is 270 g/mol. The van der Waals surface area contributed by atoms with Crippen LogP contribution < -0.4 is 9.47 Å². The maximum Gasteiger partial charge on any atom is 0.338 e. The standard InChI is InChI=1S/C13H18O6/c1-16-9-5-8(6-10(7-9)17-2)11(14)12(18-3)13(15)19-4/h5-7,11-12,14H,1-4H3/t11-,12+/m1/s1. The number of benzene rings is 1. The molecule has 1 rings (SSSR count). The fraction of sp³-hybridized carbons (Fsp3) is 0.462. The molecule has 0 radical (unpaired) electrons. The lowest BCUT2D eigenvalue weighted by molar-refractivity contribution is -0.159. The first-order valence-electron chi connectivity index (χ1n) is 5.59. The van der Waals surface area contributed by atoms with Crippen molar-refractivity contribution in [2.45, 2.75) is 12.2 Å². The van der Waals surface area contributed by atoms with Crippen LogP contribution in [0.4, 0.5) is 0 Å². The van der Waals surface area contributed by atoms with Gasteiger partial charge in [-0.2, -0.15) is 0 Å². The monoisotopic (exact) mass is 270 g/mol. The van der Waals surface area contributed by atoms with Gasteiger partial charge in [0.1, 0.15) is 17.6 Å². The minimum absolute atomic E-state index is 0.438. The predicted molar refractivity (Wildman–Crippen MR) is 67.3 cm³/mol. The maximum absolute atomic E-state index is 11.5. The van der Waals surface area contributed by atoms with E-state index < -0.39 is 18.2 Å². The molecule has 0 amide bonds. The predicted octanol–water partition coefficient (Wildman–Crippen LogP) is 0.925. The molecule has 0 aliphatic heterocycles. The number of hydrogen-bond donors (Lipinski definition) is 1. The Kier molecular flexibility index (Phi) is 5.59. The highest BCUT2D eigenvalue weighted by Crippen LogP contribution is 2.29. The second-order valence-corrected chi connectivity index (χ2v) is 3.77. The minimum atomic E-state index is -1.18. The van der Waals surface area contributed by atoms with Crippen LogP contribution in [0, 0.1) is 0 Å². The van der Waals surface area contributed by atoms with Crippen LogP contribution >= 0.6 is 0 Å². The number of esters is 1. The van der Waals surface area contributed by atoms with Crippen molar-refractivity contribution in [3.05, 3.63) is 23.8 Å². The van der Waals surface area contributed by atoms with E-state index in [4.69, 9.17) is 14.2 Å². The zero-order valence-electron chi connectivity index (χ0n) is 11.4. The lowest BCUT2D eigenvalue weighted by atomic mass is 10.0. The normalized spacial score (nSPS) is 13.5. The highest BCUT2D eigenvalue weighted by Gasteiger charge is 2.29. The Morgan fingerprint density at radius 2 is 1.58 bits per heavy atom. The molecule has 0 heterocycles. The van der Waals surface area contributed by atoms with E-state index in [1.54, 1.807) is 18.2 Å². The van der Waals surface area contributed by atoms with Gasteiger partial charge in [0.05, 0.1) is 21.3 Å². The SMILES string of the molecule is COC(=O)[C@@H](OC)[C@H](O)c1cc(OC)cc(OC)c1. The van der Waals surface area contributed by atoms with E-state index in [0.717, 1.165) is 0 Å². The Morgan fingerprint density at radius 1 is 1.05 bits per heavy atom. The van der Waals surface area contributed by atoms with E-state index >= 15 is 0 Å². The van der Waals surface area contributed by atoms with Gasteiger partial charge in [0.2, 0.25) is 0 Å². The number of aliphatic hydroxyl groups is 1. The summed E-state index contributed by atoms with van der Waals surface area (Å²) in [5.41, 5.74) is 0.438. The first-order valence-corrected chi connectivity index (χ1v) is 5.59. The van der Waals surface area contributed by atoms with Crippen LogP contribution in [0.25, 0.3) is 0 Å². The van der Waals surface area contributed by atoms with E-state index in [1.807, 2.05) is 0 Å². The number of carbonyl (C=O) groups excluding carboxylic acids is 1. The summed E-state index contributed by atoms with van der Waals surface area (Å²) in [6.07, 6.45) is -2.29. The Morgan fingerprint density at radius 3 is 1.95 bits per heavy atom. The third-order valence-corrected chi connectivity index (χ3v) is 2.69. The summed E-state index contributed by atoms with van der Waals surface area (Å²) in [5.74, 6) is 0.359. The molecule has 0 aliphatic carbocycles. The van der Waals surface area contributed by atoms with Crippen LogP contribution in [0.5, 0.6) is 11.5 Å². The molecular formula is C13H18O6. The molecule has 0 bridgehead atoms. The van der Waals surface area contributed by atoms with E-state index in [2.05, 4.69) is 4.74 Å². The van der Waals surface area contributed by atoms with Gasteiger partial charge in [0, 0.05) is 13.2 Å². The Balaban J connectivity index is 3.09. The van der Waals surface area contributed by atoms with Gasteiger partial charge in [0.25, 0.3) is 0 Å². The Hall–Kier alpha value is -1.79. The van der Waals surface area contributed by atoms with Crippen LogP contribution in [0.3, 0.4) is 0 Å². The quantitative estimate of drug-likeness (QED) is 0.775. The van der Waals surface area contributed by atoms with Crippen LogP contribution in [-0.4, -0.2) is 45.6 Å². The van der Waals surface area contributed by atoms with Gasteiger partial charge in [0.15, 0.2) is 6.10 Å². The van der Waals surface area contributed by atoms with Gasteiger partial charge in [-0.1, -0.05) is 0 Å². The van der Waals surface area contributed by atoms with Crippen LogP contribution in [-0.2, 0) is 14.3 Å². The summed E-state index contributed by atoms with van der Waals surface area (Å²) in [5, 5.41) is 10.2. The summed E-state index contributed by atoms with van der Waals surface area (Å²) < 4.78 is 19.7. The fourth-order valence-electron chi connectivity index (χ4n) is 1.65. The first kappa shape index (κ1) is 15.3. The van der Waals surface area contributed by atoms with Crippen molar-refractivity contribution in [1.29, 1.82) is 0 Å². The van der Waals surface area contributed by atoms with Crippen molar-refractivity contribution in [3.63, 3.8) is 0 Å². The molecule has 0 spiro atoms. The summed E-state index contributed by atoms with van der Waals surface area (Å²) in [6, 6.07) is 4.86. The molecular weight excluding hydrogens is 252 g/mol. The second-order valence-electron chi connectivity index (χ2n) is 3.77. The number of hydrogen-bond acceptors (Lipinski definition) is 6. The third kappa shape index (κ3) is 3.59. The zero-order chi connectivity index (χ0) is 14.4. The first-order chi connectivity index (χ1) is 9.07. The van der Waals surface area contributed by atoms with Gasteiger partial charge in [-0.3, -0.25) is 0 Å². The van der Waals surface area contributed by atoms with Gasteiger partial charge >= 0.3 is 5.97 Å². The van der Waals surface area contributed by atoms with E-state index in [-0.39, 0.29) is 0 Å². The summed E-state index contributed by atoms with van der Waals surface area (Å²) >= 11 is 0. The minimum Gasteiger partial charge on any atom is -0.497 e. The van der Waals surface area contributed by atoms with Gasteiger partial charge in [-0.25, -0.2) is 4.79 Å². The van der Waals surface area contributed by atoms with Gasteiger partial charge in [-0.15, -0.1) is 0 Å². The number of aliphatic hydroxyl groups excluding tert-OH is 1. The second kappa shape index (κ2) is 6.96.